The quantitative estimate of drug-likeness (QED) is 0.438. The van der Waals surface area contributed by atoms with Crippen molar-refractivity contribution in [3.05, 3.63) is 42.0 Å². The van der Waals surface area contributed by atoms with E-state index in [-0.39, 0.29) is 4.90 Å². The number of aryl methyl sites for hydroxylation is 1. The van der Waals surface area contributed by atoms with Gasteiger partial charge in [-0.15, -0.1) is 0 Å². The molecular weight excluding hydrogens is 320 g/mol. The minimum absolute atomic E-state index is 0.0293. The van der Waals surface area contributed by atoms with Crippen molar-refractivity contribution in [1.82, 2.24) is 0 Å². The van der Waals surface area contributed by atoms with Crippen molar-refractivity contribution < 1.29 is 13.0 Å². The molecule has 0 aliphatic heterocycles. The Bertz CT molecular complexity index is 751. The van der Waals surface area contributed by atoms with Gasteiger partial charge in [0.1, 0.15) is 0 Å². The molecule has 2 aromatic carbocycles. The van der Waals surface area contributed by atoms with E-state index in [4.69, 9.17) is 0 Å². The summed E-state index contributed by atoms with van der Waals surface area (Å²) in [5.74, 6) is 0. The summed E-state index contributed by atoms with van der Waals surface area (Å²) in [4.78, 5) is -0.0293. The lowest BCUT2D eigenvalue weighted by atomic mass is 9.99. The first-order valence-corrected chi connectivity index (χ1v) is 10.5. The average Bonchev–Trinajstić information content (AvgIpc) is 2.56. The monoisotopic (exact) mass is 348 g/mol. The highest BCUT2D eigenvalue weighted by molar-refractivity contribution is 7.85. The fraction of sp³-hybridized carbons (Fsp3) is 0.500. The maximum absolute atomic E-state index is 11.4. The lowest BCUT2D eigenvalue weighted by molar-refractivity contribution is 0.483. The van der Waals surface area contributed by atoms with Gasteiger partial charge in [-0.25, -0.2) is 0 Å². The third-order valence-electron chi connectivity index (χ3n) is 4.54. The van der Waals surface area contributed by atoms with Crippen molar-refractivity contribution in [3.63, 3.8) is 0 Å². The highest BCUT2D eigenvalue weighted by Crippen LogP contribution is 2.24. The Morgan fingerprint density at radius 1 is 0.875 bits per heavy atom. The molecule has 0 amide bonds. The highest BCUT2D eigenvalue weighted by atomic mass is 32.2. The molecule has 0 heterocycles. The zero-order valence-corrected chi connectivity index (χ0v) is 15.3. The Kier molecular flexibility index (Phi) is 7.25. The van der Waals surface area contributed by atoms with Crippen molar-refractivity contribution in [2.75, 3.05) is 0 Å². The Hall–Kier alpha value is -1.39. The van der Waals surface area contributed by atoms with Gasteiger partial charge in [-0.3, -0.25) is 4.55 Å². The SMILES string of the molecule is CCCCCCCCCCc1cccc2ccc(S(=O)(=O)O)cc12. The molecule has 0 radical (unpaired) electrons. The van der Waals surface area contributed by atoms with Crippen LogP contribution in [-0.4, -0.2) is 13.0 Å². The second-order valence-electron chi connectivity index (χ2n) is 6.50. The highest BCUT2D eigenvalue weighted by Gasteiger charge is 2.11. The van der Waals surface area contributed by atoms with E-state index in [0.29, 0.717) is 0 Å². The topological polar surface area (TPSA) is 54.4 Å². The molecule has 0 aliphatic rings. The fourth-order valence-corrected chi connectivity index (χ4v) is 3.65. The smallest absolute Gasteiger partial charge is 0.282 e. The second kappa shape index (κ2) is 9.19. The fourth-order valence-electron chi connectivity index (χ4n) is 3.14. The molecule has 4 heteroatoms. The Morgan fingerprint density at radius 3 is 2.21 bits per heavy atom. The van der Waals surface area contributed by atoms with Crippen LogP contribution in [0.4, 0.5) is 0 Å². The number of benzene rings is 2. The molecule has 0 spiro atoms. The molecule has 0 bridgehead atoms. The minimum Gasteiger partial charge on any atom is -0.282 e. The zero-order valence-electron chi connectivity index (χ0n) is 14.5. The third kappa shape index (κ3) is 5.60. The molecule has 0 atom stereocenters. The standard InChI is InChI=1S/C20H28O3S/c1-2-3-4-5-6-7-8-9-11-17-12-10-13-18-14-15-19(16-20(17)18)24(21,22)23/h10,12-16H,2-9,11H2,1H3,(H,21,22,23). The van der Waals surface area contributed by atoms with Crippen LogP contribution in [-0.2, 0) is 16.5 Å². The van der Waals surface area contributed by atoms with Crippen LogP contribution in [0.5, 0.6) is 0 Å². The molecule has 0 saturated heterocycles. The summed E-state index contributed by atoms with van der Waals surface area (Å²) < 4.78 is 31.9. The van der Waals surface area contributed by atoms with Crippen LogP contribution in [0, 0.1) is 0 Å². The van der Waals surface area contributed by atoms with Gasteiger partial charge in [0.15, 0.2) is 0 Å². The van der Waals surface area contributed by atoms with Crippen molar-refractivity contribution in [2.24, 2.45) is 0 Å². The summed E-state index contributed by atoms with van der Waals surface area (Å²) in [6, 6.07) is 10.8. The molecule has 1 N–H and O–H groups in total. The predicted octanol–water partition coefficient (Wildman–Crippen LogP) is 5.77. The lowest BCUT2D eigenvalue weighted by Crippen LogP contribution is -1.98. The van der Waals surface area contributed by atoms with Gasteiger partial charge < -0.3 is 0 Å². The number of fused-ring (bicyclic) bond motifs is 1. The van der Waals surface area contributed by atoms with Crippen LogP contribution >= 0.6 is 0 Å². The van der Waals surface area contributed by atoms with Crippen molar-refractivity contribution in [1.29, 1.82) is 0 Å². The maximum atomic E-state index is 11.4. The van der Waals surface area contributed by atoms with Gasteiger partial charge in [-0.1, -0.05) is 76.1 Å². The van der Waals surface area contributed by atoms with E-state index in [1.54, 1.807) is 12.1 Å². The summed E-state index contributed by atoms with van der Waals surface area (Å²) in [6.45, 7) is 2.23. The largest absolute Gasteiger partial charge is 0.294 e. The zero-order chi connectivity index (χ0) is 17.4. The normalized spacial score (nSPS) is 11.9. The van der Waals surface area contributed by atoms with Crippen LogP contribution in [0.1, 0.15) is 63.9 Å². The molecule has 0 fully saturated rings. The first-order valence-electron chi connectivity index (χ1n) is 9.01. The summed E-state index contributed by atoms with van der Waals surface area (Å²) >= 11 is 0. The average molecular weight is 349 g/mol. The molecule has 2 rings (SSSR count). The van der Waals surface area contributed by atoms with Gasteiger partial charge in [-0.05, 0) is 41.3 Å². The van der Waals surface area contributed by atoms with Crippen molar-refractivity contribution in [3.8, 4) is 0 Å². The van der Waals surface area contributed by atoms with Crippen LogP contribution in [0.15, 0.2) is 41.3 Å². The first-order chi connectivity index (χ1) is 11.5. The van der Waals surface area contributed by atoms with Crippen LogP contribution in [0.2, 0.25) is 0 Å². The third-order valence-corrected chi connectivity index (χ3v) is 5.39. The molecule has 132 valence electrons. The van der Waals surface area contributed by atoms with E-state index >= 15 is 0 Å². The molecule has 2 aromatic rings. The molecule has 0 saturated carbocycles. The van der Waals surface area contributed by atoms with Gasteiger partial charge in [-0.2, -0.15) is 8.42 Å². The summed E-state index contributed by atoms with van der Waals surface area (Å²) in [6.07, 6.45) is 11.1. The van der Waals surface area contributed by atoms with E-state index in [0.717, 1.165) is 29.2 Å². The van der Waals surface area contributed by atoms with Crippen molar-refractivity contribution >= 4 is 20.9 Å². The van der Waals surface area contributed by atoms with Gasteiger partial charge in [0.2, 0.25) is 0 Å². The summed E-state index contributed by atoms with van der Waals surface area (Å²) in [7, 11) is -4.15. The number of hydrogen-bond acceptors (Lipinski definition) is 2. The van der Waals surface area contributed by atoms with Gasteiger partial charge in [0.05, 0.1) is 4.90 Å². The van der Waals surface area contributed by atoms with Crippen LogP contribution < -0.4 is 0 Å². The molecule has 0 aromatic heterocycles. The lowest BCUT2D eigenvalue weighted by Gasteiger charge is -2.08. The molecule has 24 heavy (non-hydrogen) atoms. The minimum atomic E-state index is -4.15. The van der Waals surface area contributed by atoms with Gasteiger partial charge in [0, 0.05) is 0 Å². The van der Waals surface area contributed by atoms with Gasteiger partial charge in [0.25, 0.3) is 10.1 Å². The molecule has 3 nitrogen and oxygen atoms in total. The molecular formula is C20H28O3S. The predicted molar refractivity (Wildman–Crippen MR) is 100 cm³/mol. The number of hydrogen-bond donors (Lipinski definition) is 1. The number of unbranched alkanes of at least 4 members (excludes halogenated alkanes) is 7. The Labute approximate surface area is 145 Å². The first kappa shape index (κ1) is 18.9. The van der Waals surface area contributed by atoms with Crippen LogP contribution in [0.3, 0.4) is 0 Å². The van der Waals surface area contributed by atoms with E-state index in [1.807, 2.05) is 12.1 Å². The van der Waals surface area contributed by atoms with Crippen molar-refractivity contribution in [2.45, 2.75) is 69.6 Å². The van der Waals surface area contributed by atoms with E-state index < -0.39 is 10.1 Å². The Morgan fingerprint density at radius 2 is 1.54 bits per heavy atom. The molecule has 0 aliphatic carbocycles. The summed E-state index contributed by atoms with van der Waals surface area (Å²) in [5.41, 5.74) is 1.16. The van der Waals surface area contributed by atoms with Crippen LogP contribution in [0.25, 0.3) is 10.8 Å². The van der Waals surface area contributed by atoms with E-state index in [9.17, 15) is 13.0 Å². The maximum Gasteiger partial charge on any atom is 0.294 e. The van der Waals surface area contributed by atoms with E-state index in [1.165, 1.54) is 51.0 Å². The number of rotatable bonds is 10. The summed E-state index contributed by atoms with van der Waals surface area (Å²) in [5, 5.41) is 1.94. The van der Waals surface area contributed by atoms with Gasteiger partial charge >= 0.3 is 0 Å². The Balaban J connectivity index is 1.94. The molecule has 0 unspecified atom stereocenters. The second-order valence-corrected chi connectivity index (χ2v) is 7.92. The van der Waals surface area contributed by atoms with E-state index in [2.05, 4.69) is 13.0 Å².